The van der Waals surface area contributed by atoms with Crippen molar-refractivity contribution >= 4 is 61.8 Å². The Kier molecular flexibility index (Phi) is 8.93. The molecule has 1 fully saturated rings. The number of hydrogen-bond donors (Lipinski definition) is 0. The molecule has 282 valence electrons. The van der Waals surface area contributed by atoms with Crippen LogP contribution in [0.1, 0.15) is 46.1 Å². The van der Waals surface area contributed by atoms with Gasteiger partial charge in [0.1, 0.15) is 0 Å². The van der Waals surface area contributed by atoms with E-state index in [-0.39, 0.29) is 0 Å². The van der Waals surface area contributed by atoms with Gasteiger partial charge in [-0.25, -0.2) is 0 Å². The zero-order valence-corrected chi connectivity index (χ0v) is 33.6. The van der Waals surface area contributed by atoms with Crippen LogP contribution in [0.25, 0.3) is 60.1 Å². The van der Waals surface area contributed by atoms with Crippen molar-refractivity contribution in [2.75, 3.05) is 4.90 Å². The molecular weight excluding hydrogens is 705 g/mol. The Hall–Kier alpha value is -6.20. The molecule has 0 bridgehead atoms. The molecule has 3 nitrogen and oxygen atoms in total. The Morgan fingerprint density at radius 1 is 0.448 bits per heavy atom. The van der Waals surface area contributed by atoms with Crippen molar-refractivity contribution in [2.24, 2.45) is 0 Å². The lowest BCUT2D eigenvalue weighted by molar-refractivity contribution is 0.00578. The Balaban J connectivity index is 1.21. The average molecular weight is 752 g/mol. The summed E-state index contributed by atoms with van der Waals surface area (Å²) in [4.78, 5) is 2.50. The van der Waals surface area contributed by atoms with Crippen LogP contribution in [0.4, 0.5) is 11.4 Å². The van der Waals surface area contributed by atoms with Gasteiger partial charge < -0.3 is 14.2 Å². The molecule has 0 radical (unpaired) electrons. The lowest BCUT2D eigenvalue weighted by Crippen LogP contribution is -2.41. The lowest BCUT2D eigenvalue weighted by atomic mass is 9.77. The van der Waals surface area contributed by atoms with E-state index in [9.17, 15) is 0 Å². The number of fused-ring (bicyclic) bond motifs is 6. The van der Waals surface area contributed by atoms with Gasteiger partial charge in [-0.2, -0.15) is 0 Å². The Morgan fingerprint density at radius 2 is 0.948 bits per heavy atom. The van der Waals surface area contributed by atoms with E-state index in [1.54, 1.807) is 0 Å². The van der Waals surface area contributed by atoms with Gasteiger partial charge in [0.25, 0.3) is 0 Å². The molecule has 0 N–H and O–H groups in total. The van der Waals surface area contributed by atoms with E-state index in [0.29, 0.717) is 0 Å². The SMILES string of the molecule is CC1(C)OB(c2ccc3c4ccc(N(C5=C(c6ccccc6)CCC=C5)c5cc(-c6ccccc6)cc(-c6ccccc6)c5)cc4c4ccccc4c3c2)OC1(C)C. The van der Waals surface area contributed by atoms with E-state index in [0.717, 1.165) is 29.7 Å². The zero-order chi connectivity index (χ0) is 39.4. The third-order valence-corrected chi connectivity index (χ3v) is 12.5. The van der Waals surface area contributed by atoms with Crippen molar-refractivity contribution in [1.29, 1.82) is 0 Å². The molecule has 1 heterocycles. The van der Waals surface area contributed by atoms with Crippen molar-refractivity contribution < 1.29 is 9.31 Å². The number of hydrogen-bond acceptors (Lipinski definition) is 3. The summed E-state index contributed by atoms with van der Waals surface area (Å²) in [6.07, 6.45) is 6.63. The van der Waals surface area contributed by atoms with E-state index in [2.05, 4.69) is 215 Å². The fourth-order valence-corrected chi connectivity index (χ4v) is 8.78. The molecule has 0 atom stereocenters. The third kappa shape index (κ3) is 6.34. The second-order valence-corrected chi connectivity index (χ2v) is 16.7. The molecule has 0 spiro atoms. The molecule has 0 unspecified atom stereocenters. The van der Waals surface area contributed by atoms with Gasteiger partial charge >= 0.3 is 7.12 Å². The highest BCUT2D eigenvalue weighted by Crippen LogP contribution is 2.44. The van der Waals surface area contributed by atoms with Gasteiger partial charge in [0, 0.05) is 17.1 Å². The maximum Gasteiger partial charge on any atom is 0.494 e. The minimum absolute atomic E-state index is 0.411. The summed E-state index contributed by atoms with van der Waals surface area (Å²) in [6, 6.07) is 62.1. The van der Waals surface area contributed by atoms with Crippen molar-refractivity contribution in [3.63, 3.8) is 0 Å². The second-order valence-electron chi connectivity index (χ2n) is 16.7. The minimum atomic E-state index is -0.428. The molecule has 0 aromatic heterocycles. The predicted molar refractivity (Wildman–Crippen MR) is 246 cm³/mol. The van der Waals surface area contributed by atoms with Crippen LogP contribution in [-0.4, -0.2) is 18.3 Å². The van der Waals surface area contributed by atoms with Crippen LogP contribution in [0.15, 0.2) is 188 Å². The number of allylic oxidation sites excluding steroid dienone is 3. The lowest BCUT2D eigenvalue weighted by Gasteiger charge is -2.32. The van der Waals surface area contributed by atoms with Gasteiger partial charge in [-0.05, 0) is 148 Å². The van der Waals surface area contributed by atoms with Crippen LogP contribution in [-0.2, 0) is 9.31 Å². The molecule has 1 aliphatic carbocycles. The fourth-order valence-electron chi connectivity index (χ4n) is 8.78. The predicted octanol–water partition coefficient (Wildman–Crippen LogP) is 13.7. The highest BCUT2D eigenvalue weighted by Gasteiger charge is 2.51. The normalized spacial score (nSPS) is 16.1. The summed E-state index contributed by atoms with van der Waals surface area (Å²) >= 11 is 0. The molecule has 10 rings (SSSR count). The maximum atomic E-state index is 6.52. The topological polar surface area (TPSA) is 21.7 Å². The largest absolute Gasteiger partial charge is 0.494 e. The van der Waals surface area contributed by atoms with Crippen LogP contribution in [0.5, 0.6) is 0 Å². The smallest absolute Gasteiger partial charge is 0.399 e. The first-order valence-corrected chi connectivity index (χ1v) is 20.5. The summed E-state index contributed by atoms with van der Waals surface area (Å²) in [6.45, 7) is 8.45. The Morgan fingerprint density at radius 3 is 1.53 bits per heavy atom. The van der Waals surface area contributed by atoms with Crippen LogP contribution in [0.3, 0.4) is 0 Å². The van der Waals surface area contributed by atoms with Gasteiger partial charge in [0.05, 0.1) is 11.2 Å². The molecule has 8 aromatic carbocycles. The third-order valence-electron chi connectivity index (χ3n) is 12.5. The number of benzene rings is 8. The van der Waals surface area contributed by atoms with Crippen LogP contribution >= 0.6 is 0 Å². The van der Waals surface area contributed by atoms with Crippen molar-refractivity contribution in [1.82, 2.24) is 0 Å². The van der Waals surface area contributed by atoms with E-state index in [4.69, 9.17) is 9.31 Å². The summed E-state index contributed by atoms with van der Waals surface area (Å²) in [5, 5.41) is 7.29. The number of anilines is 2. The van der Waals surface area contributed by atoms with E-state index in [1.165, 1.54) is 71.4 Å². The molecule has 0 amide bonds. The van der Waals surface area contributed by atoms with Crippen molar-refractivity contribution in [2.45, 2.75) is 51.7 Å². The van der Waals surface area contributed by atoms with Gasteiger partial charge in [0.15, 0.2) is 0 Å². The summed E-state index contributed by atoms with van der Waals surface area (Å²) in [7, 11) is -0.428. The summed E-state index contributed by atoms with van der Waals surface area (Å²) in [5.41, 5.74) is 11.0. The molecule has 58 heavy (non-hydrogen) atoms. The molecule has 8 aromatic rings. The van der Waals surface area contributed by atoms with E-state index < -0.39 is 18.3 Å². The summed E-state index contributed by atoms with van der Waals surface area (Å²) < 4.78 is 13.0. The number of rotatable bonds is 7. The quantitative estimate of drug-likeness (QED) is 0.120. The first kappa shape index (κ1) is 36.2. The van der Waals surface area contributed by atoms with E-state index >= 15 is 0 Å². The van der Waals surface area contributed by atoms with Gasteiger partial charge in [-0.15, -0.1) is 0 Å². The fraction of sp³-hybridized carbons (Fsp3) is 0.148. The zero-order valence-electron chi connectivity index (χ0n) is 33.6. The van der Waals surface area contributed by atoms with Crippen molar-refractivity contribution in [3.8, 4) is 22.3 Å². The molecular formula is C54H46BNO2. The molecule has 4 heteroatoms. The van der Waals surface area contributed by atoms with Crippen LogP contribution < -0.4 is 10.4 Å². The Labute approximate surface area is 342 Å². The first-order valence-electron chi connectivity index (χ1n) is 20.5. The first-order chi connectivity index (χ1) is 28.2. The van der Waals surface area contributed by atoms with Crippen LogP contribution in [0, 0.1) is 0 Å². The standard InChI is InChI=1S/C54H46BNO2/c1-53(2)54(3,4)58-55(57-53)42-28-30-48-49-31-29-43(36-51(49)47-26-15-14-25-46(47)50(48)35-42)56(52-27-17-16-24-45(52)39-22-12-7-13-23-39)44-33-40(37-18-8-5-9-19-37)32-41(34-44)38-20-10-6-11-21-38/h5-15,17-23,25-36H,16,24H2,1-4H3. The summed E-state index contributed by atoms with van der Waals surface area (Å²) in [5.74, 6) is 0. The number of nitrogens with zero attached hydrogens (tertiary/aromatic N) is 1. The molecule has 1 aliphatic heterocycles. The van der Waals surface area contributed by atoms with E-state index in [1.807, 2.05) is 0 Å². The Bertz CT molecular complexity index is 2800. The monoisotopic (exact) mass is 751 g/mol. The molecule has 2 aliphatic rings. The molecule has 0 saturated carbocycles. The minimum Gasteiger partial charge on any atom is -0.399 e. The highest BCUT2D eigenvalue weighted by atomic mass is 16.7. The van der Waals surface area contributed by atoms with Gasteiger partial charge in [-0.3, -0.25) is 0 Å². The average Bonchev–Trinajstić information content (AvgIpc) is 3.50. The van der Waals surface area contributed by atoms with Crippen LogP contribution in [0.2, 0.25) is 0 Å². The van der Waals surface area contributed by atoms with Crippen molar-refractivity contribution in [3.05, 3.63) is 193 Å². The van der Waals surface area contributed by atoms with Gasteiger partial charge in [-0.1, -0.05) is 146 Å². The molecule has 1 saturated heterocycles. The van der Waals surface area contributed by atoms with Gasteiger partial charge in [0.2, 0.25) is 0 Å². The highest BCUT2D eigenvalue weighted by molar-refractivity contribution is 6.62. The maximum absolute atomic E-state index is 6.52. The second kappa shape index (κ2) is 14.3.